The van der Waals surface area contributed by atoms with Crippen LogP contribution in [0, 0.1) is 0 Å². The average molecular weight is 565 g/mol. The van der Waals surface area contributed by atoms with Gasteiger partial charge in [0.2, 0.25) is 0 Å². The van der Waals surface area contributed by atoms with Crippen molar-refractivity contribution < 1.29 is 136 Å². The minimum absolute atomic E-state index is 0. The molecule has 0 aliphatic rings. The Balaban J connectivity index is -0.00000135. The molecule has 1 heterocycles. The molecule has 1 aromatic heterocycles. The van der Waals surface area contributed by atoms with Crippen molar-refractivity contribution in [3.8, 4) is 11.4 Å². The molecule has 2 aromatic carbocycles. The third-order valence-corrected chi connectivity index (χ3v) is 5.88. The van der Waals surface area contributed by atoms with Gasteiger partial charge in [-0.25, -0.2) is 9.13 Å². The van der Waals surface area contributed by atoms with Crippen LogP contribution in [0.3, 0.4) is 0 Å². The Morgan fingerprint density at radius 2 is 1.17 bits per heavy atom. The van der Waals surface area contributed by atoms with Crippen molar-refractivity contribution in [1.29, 1.82) is 0 Å². The van der Waals surface area contributed by atoms with Crippen molar-refractivity contribution in [2.75, 3.05) is 0 Å². The van der Waals surface area contributed by atoms with E-state index in [1.807, 2.05) is 0 Å². The van der Waals surface area contributed by atoms with E-state index in [-0.39, 0.29) is 123 Å². The second-order valence-electron chi connectivity index (χ2n) is 9.61. The smallest absolute Gasteiger partial charge is 1.00 e. The molecule has 0 aliphatic heterocycles. The van der Waals surface area contributed by atoms with Crippen LogP contribution in [0.4, 0.5) is 0 Å². The number of carbonyl (C=O) groups is 1. The van der Waals surface area contributed by atoms with Crippen molar-refractivity contribution in [1.82, 2.24) is 4.57 Å². The zero-order chi connectivity index (χ0) is 24.7. The van der Waals surface area contributed by atoms with Gasteiger partial charge in [0.05, 0.1) is 0 Å². The van der Waals surface area contributed by atoms with E-state index in [4.69, 9.17) is 10.1 Å². The summed E-state index contributed by atoms with van der Waals surface area (Å²) in [7, 11) is 0. The van der Waals surface area contributed by atoms with Crippen molar-refractivity contribution in [2.45, 2.75) is 79.1 Å². The number of rotatable bonds is 7. The first-order chi connectivity index (χ1) is 15.6. The van der Waals surface area contributed by atoms with Gasteiger partial charge in [-0.2, -0.15) is 0 Å². The van der Waals surface area contributed by atoms with E-state index >= 15 is 0 Å². The molecular formula is C28H39ClK2N2O3. The van der Waals surface area contributed by atoms with Crippen molar-refractivity contribution >= 4 is 6.47 Å². The molecule has 0 unspecified atom stereocenters. The average Bonchev–Trinajstić information content (AvgIpc) is 3.27. The summed E-state index contributed by atoms with van der Waals surface area (Å²) in [6, 6.07) is 13.5. The SMILES string of the molecule is CC(C)c1cccc(C(C)C)c1-n1cc[n+](-c2c(C(C)C)cccc2C(C)C)c1.O=CO[O-].[Cl-].[H-].[K+].[K+]. The monoisotopic (exact) mass is 564 g/mol. The number of nitrogens with zero attached hydrogens (tertiary/aromatic N) is 2. The van der Waals surface area contributed by atoms with Crippen LogP contribution in [-0.4, -0.2) is 11.0 Å². The minimum Gasteiger partial charge on any atom is -1.00 e. The van der Waals surface area contributed by atoms with E-state index in [9.17, 15) is 0 Å². The second kappa shape index (κ2) is 18.8. The van der Waals surface area contributed by atoms with Crippen LogP contribution >= 0.6 is 0 Å². The summed E-state index contributed by atoms with van der Waals surface area (Å²) in [6.07, 6.45) is 6.70. The summed E-state index contributed by atoms with van der Waals surface area (Å²) < 4.78 is 4.65. The van der Waals surface area contributed by atoms with Gasteiger partial charge in [-0.3, -0.25) is 4.79 Å². The molecule has 0 bridgehead atoms. The van der Waals surface area contributed by atoms with Crippen LogP contribution in [0.1, 0.15) is 103 Å². The van der Waals surface area contributed by atoms with Crippen LogP contribution in [0.5, 0.6) is 0 Å². The van der Waals surface area contributed by atoms with Gasteiger partial charge in [0, 0.05) is 22.3 Å². The van der Waals surface area contributed by atoms with Crippen molar-refractivity contribution in [3.63, 3.8) is 0 Å². The molecular weight excluding hydrogens is 526 g/mol. The molecule has 0 atom stereocenters. The Bertz CT molecular complexity index is 943. The quantitative estimate of drug-likeness (QED) is 0.0999. The van der Waals surface area contributed by atoms with Crippen molar-refractivity contribution in [2.24, 2.45) is 0 Å². The summed E-state index contributed by atoms with van der Waals surface area (Å²) in [5.41, 5.74) is 8.29. The fourth-order valence-corrected chi connectivity index (χ4v) is 4.24. The molecule has 188 valence electrons. The Morgan fingerprint density at radius 1 is 0.806 bits per heavy atom. The van der Waals surface area contributed by atoms with Crippen LogP contribution in [0.15, 0.2) is 55.1 Å². The molecule has 0 saturated carbocycles. The number of halogens is 1. The first-order valence-corrected chi connectivity index (χ1v) is 11.7. The van der Waals surface area contributed by atoms with Gasteiger partial charge in [0.1, 0.15) is 23.8 Å². The molecule has 0 saturated heterocycles. The molecule has 0 radical (unpaired) electrons. The zero-order valence-corrected chi connectivity index (χ0v) is 30.6. The van der Waals surface area contributed by atoms with Crippen LogP contribution < -0.4 is 125 Å². The first kappa shape index (κ1) is 38.8. The molecule has 0 spiro atoms. The molecule has 8 heteroatoms. The summed E-state index contributed by atoms with van der Waals surface area (Å²) in [6.45, 7) is 18.1. The number of hydrogen-bond acceptors (Lipinski definition) is 3. The minimum atomic E-state index is -0.181. The number of hydrogen-bond donors (Lipinski definition) is 0. The van der Waals surface area contributed by atoms with E-state index < -0.39 is 0 Å². The van der Waals surface area contributed by atoms with Gasteiger partial charge in [-0.1, -0.05) is 91.8 Å². The molecule has 0 aliphatic carbocycles. The van der Waals surface area contributed by atoms with E-state index in [1.165, 1.54) is 33.6 Å². The fraction of sp³-hybridized carbons (Fsp3) is 0.429. The van der Waals surface area contributed by atoms with Gasteiger partial charge in [-0.15, -0.1) is 0 Å². The zero-order valence-electron chi connectivity index (χ0n) is 24.6. The summed E-state index contributed by atoms with van der Waals surface area (Å²) in [4.78, 5) is 11.2. The summed E-state index contributed by atoms with van der Waals surface area (Å²) in [5, 5.41) is 8.43. The summed E-state index contributed by atoms with van der Waals surface area (Å²) in [5.74, 6) is 1.92. The molecule has 5 nitrogen and oxygen atoms in total. The largest absolute Gasteiger partial charge is 1.00 e. The van der Waals surface area contributed by atoms with Crippen molar-refractivity contribution in [3.05, 3.63) is 77.4 Å². The van der Waals surface area contributed by atoms with E-state index in [1.54, 1.807) is 0 Å². The summed E-state index contributed by atoms with van der Waals surface area (Å²) >= 11 is 0. The maximum Gasteiger partial charge on any atom is 1.00 e. The molecule has 0 amide bonds. The Labute approximate surface area is 310 Å². The third-order valence-electron chi connectivity index (χ3n) is 5.88. The second-order valence-corrected chi connectivity index (χ2v) is 9.61. The maximum absolute atomic E-state index is 8.64. The predicted octanol–water partition coefficient (Wildman–Crippen LogP) is -3.19. The van der Waals surface area contributed by atoms with E-state index in [2.05, 4.69) is 125 Å². The number of para-hydroxylation sites is 2. The van der Waals surface area contributed by atoms with Gasteiger partial charge in [0.25, 0.3) is 12.8 Å². The maximum atomic E-state index is 8.64. The number of aromatic nitrogens is 2. The number of carbonyl (C=O) groups excluding carboxylic acids is 1. The standard InChI is InChI=1S/C27H37N2.CH2O3.ClH.2K.H/c1-18(2)22-11-9-12-23(19(3)4)26(22)28-15-16-29(17-28)27-24(20(5)6)13-10-14-25(27)21(7)8;2-1-4-3;;;;/h9-21H,1-8H3;1,3H;1H;;;/q+1;;;2*+1;-1/p-2. The molecule has 0 fully saturated rings. The number of benzene rings is 2. The first-order valence-electron chi connectivity index (χ1n) is 11.7. The fourth-order valence-electron chi connectivity index (χ4n) is 4.24. The van der Waals surface area contributed by atoms with Gasteiger partial charge < -0.3 is 24.0 Å². The normalized spacial score (nSPS) is 10.2. The van der Waals surface area contributed by atoms with Crippen LogP contribution in [0.25, 0.3) is 11.4 Å². The Kier molecular flexibility index (Phi) is 20.3. The third kappa shape index (κ3) is 9.99. The van der Waals surface area contributed by atoms with E-state index in [0.717, 1.165) is 0 Å². The van der Waals surface area contributed by atoms with Crippen LogP contribution in [-0.2, 0) is 9.68 Å². The predicted molar refractivity (Wildman–Crippen MR) is 132 cm³/mol. The van der Waals surface area contributed by atoms with Gasteiger partial charge in [0.15, 0.2) is 0 Å². The Morgan fingerprint density at radius 3 is 1.50 bits per heavy atom. The van der Waals surface area contributed by atoms with Gasteiger partial charge >= 0.3 is 103 Å². The van der Waals surface area contributed by atoms with Crippen LogP contribution in [0.2, 0.25) is 0 Å². The van der Waals surface area contributed by atoms with Gasteiger partial charge in [-0.05, 0) is 23.7 Å². The molecule has 0 N–H and O–H groups in total. The Hall–Kier alpha value is 0.643. The molecule has 3 aromatic rings. The molecule has 36 heavy (non-hydrogen) atoms. The topological polar surface area (TPSA) is 58.2 Å². The number of imidazole rings is 1. The molecule has 3 rings (SSSR count). The van der Waals surface area contributed by atoms with E-state index in [0.29, 0.717) is 23.7 Å².